The van der Waals surface area contributed by atoms with Crippen LogP contribution in [0.1, 0.15) is 12.8 Å². The van der Waals surface area contributed by atoms with Crippen LogP contribution in [0.15, 0.2) is 0 Å². The van der Waals surface area contributed by atoms with Crippen LogP contribution < -0.4 is 5.32 Å². The molecule has 0 spiro atoms. The second-order valence-corrected chi connectivity index (χ2v) is 4.29. The van der Waals surface area contributed by atoms with E-state index in [2.05, 4.69) is 5.32 Å². The van der Waals surface area contributed by atoms with E-state index in [1.165, 1.54) is 4.90 Å². The number of carbonyl (C=O) groups excluding carboxylic acids is 1. The largest absolute Gasteiger partial charge is 0.395 e. The monoisotopic (exact) mass is 266 g/mol. The maximum absolute atomic E-state index is 12.2. The van der Waals surface area contributed by atoms with Gasteiger partial charge < -0.3 is 15.2 Å². The van der Waals surface area contributed by atoms with E-state index < -0.39 is 13.0 Å². The molecule has 0 radical (unpaired) electrons. The number of aliphatic hydroxyl groups excluding tert-OH is 1. The van der Waals surface area contributed by atoms with Gasteiger partial charge in [-0.15, -0.1) is 0 Å². The molecule has 1 aliphatic rings. The summed E-state index contributed by atoms with van der Waals surface area (Å²) < 4.78 is 29.8. The molecule has 0 aromatic heterocycles. The molecule has 1 heterocycles. The first-order chi connectivity index (χ1) is 8.61. The first-order valence-electron chi connectivity index (χ1n) is 6.11. The summed E-state index contributed by atoms with van der Waals surface area (Å²) >= 11 is 0. The van der Waals surface area contributed by atoms with Gasteiger partial charge >= 0.3 is 0 Å². The van der Waals surface area contributed by atoms with E-state index in [0.29, 0.717) is 13.2 Å². The fourth-order valence-corrected chi connectivity index (χ4v) is 1.86. The summed E-state index contributed by atoms with van der Waals surface area (Å²) in [5.74, 6) is -0.320. The molecule has 1 rings (SSSR count). The smallest absolute Gasteiger partial charge is 0.251 e. The minimum atomic E-state index is -2.51. The first kappa shape index (κ1) is 15.3. The Kier molecular flexibility index (Phi) is 7.07. The Morgan fingerprint density at radius 2 is 2.33 bits per heavy atom. The Hall–Kier alpha value is -0.790. The summed E-state index contributed by atoms with van der Waals surface area (Å²) in [5.41, 5.74) is 0. The summed E-state index contributed by atoms with van der Waals surface area (Å²) in [6.45, 7) is 0.317. The summed E-state index contributed by atoms with van der Waals surface area (Å²) in [6.07, 6.45) is -0.571. The number of alkyl halides is 2. The van der Waals surface area contributed by atoms with Crippen molar-refractivity contribution in [3.05, 3.63) is 0 Å². The average Bonchev–Trinajstić information content (AvgIpc) is 2.78. The van der Waals surface area contributed by atoms with Crippen molar-refractivity contribution in [3.8, 4) is 0 Å². The van der Waals surface area contributed by atoms with Crippen LogP contribution in [0.2, 0.25) is 0 Å². The van der Waals surface area contributed by atoms with Gasteiger partial charge in [-0.1, -0.05) is 0 Å². The molecule has 1 atom stereocenters. The number of hydrogen-bond acceptors (Lipinski definition) is 4. The highest BCUT2D eigenvalue weighted by atomic mass is 19.3. The number of aliphatic hydroxyl groups is 1. The molecule has 0 bridgehead atoms. The third kappa shape index (κ3) is 6.23. The van der Waals surface area contributed by atoms with E-state index in [0.717, 1.165) is 12.8 Å². The number of nitrogens with zero attached hydrogens (tertiary/aromatic N) is 1. The fourth-order valence-electron chi connectivity index (χ4n) is 1.86. The molecule has 2 N–H and O–H groups in total. The van der Waals surface area contributed by atoms with Gasteiger partial charge in [0.1, 0.15) is 0 Å². The number of amides is 1. The van der Waals surface area contributed by atoms with Gasteiger partial charge in [-0.25, -0.2) is 8.78 Å². The molecule has 0 saturated carbocycles. The lowest BCUT2D eigenvalue weighted by Gasteiger charge is -2.20. The summed E-state index contributed by atoms with van der Waals surface area (Å²) in [5, 5.41) is 11.4. The third-order valence-corrected chi connectivity index (χ3v) is 2.73. The first-order valence-corrected chi connectivity index (χ1v) is 6.11. The van der Waals surface area contributed by atoms with E-state index in [9.17, 15) is 13.6 Å². The van der Waals surface area contributed by atoms with Crippen LogP contribution in [-0.4, -0.2) is 67.8 Å². The van der Waals surface area contributed by atoms with Crippen LogP contribution in [0.25, 0.3) is 0 Å². The van der Waals surface area contributed by atoms with Crippen LogP contribution in [0, 0.1) is 0 Å². The predicted molar refractivity (Wildman–Crippen MR) is 61.5 cm³/mol. The van der Waals surface area contributed by atoms with E-state index in [-0.39, 0.29) is 31.7 Å². The molecule has 1 unspecified atom stereocenters. The van der Waals surface area contributed by atoms with Crippen molar-refractivity contribution in [2.24, 2.45) is 0 Å². The molecular formula is C11H20F2N2O3. The highest BCUT2D eigenvalue weighted by Crippen LogP contribution is 2.10. The SMILES string of the molecule is O=C(CN(CCO)CC(F)F)NCC1CCCO1. The van der Waals surface area contributed by atoms with E-state index in [4.69, 9.17) is 9.84 Å². The molecule has 0 aromatic carbocycles. The number of rotatable bonds is 8. The molecule has 106 valence electrons. The minimum Gasteiger partial charge on any atom is -0.395 e. The van der Waals surface area contributed by atoms with Crippen LogP contribution in [-0.2, 0) is 9.53 Å². The summed E-state index contributed by atoms with van der Waals surface area (Å²) in [4.78, 5) is 12.8. The Morgan fingerprint density at radius 3 is 2.89 bits per heavy atom. The zero-order valence-electron chi connectivity index (χ0n) is 10.3. The molecule has 1 fully saturated rings. The fraction of sp³-hybridized carbons (Fsp3) is 0.909. The zero-order chi connectivity index (χ0) is 13.4. The molecule has 18 heavy (non-hydrogen) atoms. The number of nitrogens with one attached hydrogen (secondary N) is 1. The van der Waals surface area contributed by atoms with Crippen molar-refractivity contribution in [2.45, 2.75) is 25.4 Å². The predicted octanol–water partition coefficient (Wildman–Crippen LogP) is -0.159. The highest BCUT2D eigenvalue weighted by Gasteiger charge is 2.18. The van der Waals surface area contributed by atoms with Crippen molar-refractivity contribution in [3.63, 3.8) is 0 Å². The number of ether oxygens (including phenoxy) is 1. The second kappa shape index (κ2) is 8.34. The van der Waals surface area contributed by atoms with Crippen LogP contribution in [0.5, 0.6) is 0 Å². The Balaban J connectivity index is 2.22. The Morgan fingerprint density at radius 1 is 1.56 bits per heavy atom. The number of carbonyl (C=O) groups is 1. The van der Waals surface area contributed by atoms with Crippen LogP contribution in [0.4, 0.5) is 8.78 Å². The van der Waals surface area contributed by atoms with Crippen LogP contribution >= 0.6 is 0 Å². The Labute approximate surface area is 105 Å². The number of hydrogen-bond donors (Lipinski definition) is 2. The van der Waals surface area contributed by atoms with Crippen molar-refractivity contribution >= 4 is 5.91 Å². The van der Waals surface area contributed by atoms with E-state index in [1.54, 1.807) is 0 Å². The molecule has 1 amide bonds. The maximum atomic E-state index is 12.2. The molecule has 1 saturated heterocycles. The van der Waals surface area contributed by atoms with Gasteiger partial charge in [0, 0.05) is 19.7 Å². The van der Waals surface area contributed by atoms with Gasteiger partial charge in [0.2, 0.25) is 5.91 Å². The molecule has 1 aliphatic heterocycles. The molecule has 7 heteroatoms. The Bertz CT molecular complexity index is 248. The van der Waals surface area contributed by atoms with Gasteiger partial charge in [0.05, 0.1) is 25.8 Å². The lowest BCUT2D eigenvalue weighted by atomic mass is 10.2. The van der Waals surface area contributed by atoms with Gasteiger partial charge in [-0.3, -0.25) is 9.69 Å². The van der Waals surface area contributed by atoms with Gasteiger partial charge in [0.25, 0.3) is 6.43 Å². The van der Waals surface area contributed by atoms with Crippen molar-refractivity contribution in [1.29, 1.82) is 0 Å². The molecule has 0 aromatic rings. The van der Waals surface area contributed by atoms with E-state index in [1.807, 2.05) is 0 Å². The van der Waals surface area contributed by atoms with Crippen molar-refractivity contribution in [2.75, 3.05) is 39.4 Å². The molecule has 0 aliphatic carbocycles. The highest BCUT2D eigenvalue weighted by molar-refractivity contribution is 5.78. The molecule has 5 nitrogen and oxygen atoms in total. The van der Waals surface area contributed by atoms with Gasteiger partial charge in [-0.05, 0) is 12.8 Å². The van der Waals surface area contributed by atoms with Gasteiger partial charge in [-0.2, -0.15) is 0 Å². The van der Waals surface area contributed by atoms with Crippen molar-refractivity contribution < 1.29 is 23.4 Å². The topological polar surface area (TPSA) is 61.8 Å². The zero-order valence-corrected chi connectivity index (χ0v) is 10.3. The lowest BCUT2D eigenvalue weighted by Crippen LogP contribution is -2.42. The van der Waals surface area contributed by atoms with Gasteiger partial charge in [0.15, 0.2) is 0 Å². The lowest BCUT2D eigenvalue weighted by molar-refractivity contribution is -0.123. The summed E-state index contributed by atoms with van der Waals surface area (Å²) in [7, 11) is 0. The number of halogens is 2. The molecular weight excluding hydrogens is 246 g/mol. The summed E-state index contributed by atoms with van der Waals surface area (Å²) in [6, 6.07) is 0. The standard InChI is InChI=1S/C11H20F2N2O3/c12-10(13)7-15(3-4-16)8-11(17)14-6-9-2-1-5-18-9/h9-10,16H,1-8H2,(H,14,17). The average molecular weight is 266 g/mol. The third-order valence-electron chi connectivity index (χ3n) is 2.73. The van der Waals surface area contributed by atoms with Crippen molar-refractivity contribution in [1.82, 2.24) is 10.2 Å². The minimum absolute atomic E-state index is 0.0374. The van der Waals surface area contributed by atoms with Crippen LogP contribution in [0.3, 0.4) is 0 Å². The van der Waals surface area contributed by atoms with E-state index >= 15 is 0 Å². The maximum Gasteiger partial charge on any atom is 0.251 e. The quantitative estimate of drug-likeness (QED) is 0.641. The second-order valence-electron chi connectivity index (χ2n) is 4.29. The normalized spacial score (nSPS) is 19.7.